The summed E-state index contributed by atoms with van der Waals surface area (Å²) in [6, 6.07) is 18.7. The molecule has 0 aliphatic carbocycles. The van der Waals surface area contributed by atoms with Gasteiger partial charge in [-0.05, 0) is 49.6 Å². The summed E-state index contributed by atoms with van der Waals surface area (Å²) in [5.74, 6) is -1.61. The Labute approximate surface area is 241 Å². The first-order valence-electron chi connectivity index (χ1n) is 13.0. The lowest BCUT2D eigenvalue weighted by atomic mass is 10.0. The van der Waals surface area contributed by atoms with Crippen molar-refractivity contribution in [2.75, 3.05) is 17.1 Å². The molecule has 0 fully saturated rings. The second-order valence-electron chi connectivity index (χ2n) is 9.84. The average Bonchev–Trinajstić information content (AvgIpc) is 2.91. The number of sulfonamides is 1. The van der Waals surface area contributed by atoms with Crippen LogP contribution in [0.1, 0.15) is 37.0 Å². The zero-order valence-electron chi connectivity index (χ0n) is 23.1. The molecule has 2 atom stereocenters. The van der Waals surface area contributed by atoms with Crippen molar-refractivity contribution in [3.05, 3.63) is 100 Å². The van der Waals surface area contributed by atoms with Crippen molar-refractivity contribution in [2.24, 2.45) is 0 Å². The van der Waals surface area contributed by atoms with Crippen molar-refractivity contribution in [1.29, 1.82) is 0 Å². The number of carbonyl (C=O) groups is 2. The highest BCUT2D eigenvalue weighted by molar-refractivity contribution is 7.92. The molecule has 1 N–H and O–H groups in total. The fourth-order valence-electron chi connectivity index (χ4n) is 4.16. The zero-order valence-corrected chi connectivity index (χ0v) is 24.7. The van der Waals surface area contributed by atoms with Gasteiger partial charge in [0.1, 0.15) is 18.4 Å². The highest BCUT2D eigenvalue weighted by Gasteiger charge is 2.34. The predicted molar refractivity (Wildman–Crippen MR) is 157 cm³/mol. The Morgan fingerprint density at radius 3 is 2.27 bits per heavy atom. The molecule has 3 aromatic rings. The largest absolute Gasteiger partial charge is 0.352 e. The first-order valence-corrected chi connectivity index (χ1v) is 15.2. The lowest BCUT2D eigenvalue weighted by molar-refractivity contribution is -0.140. The van der Waals surface area contributed by atoms with Crippen LogP contribution in [-0.4, -0.2) is 50.0 Å². The van der Waals surface area contributed by atoms with Gasteiger partial charge in [-0.3, -0.25) is 13.9 Å². The van der Waals surface area contributed by atoms with Gasteiger partial charge < -0.3 is 10.2 Å². The molecule has 0 aromatic heterocycles. The van der Waals surface area contributed by atoms with E-state index in [4.69, 9.17) is 11.6 Å². The summed E-state index contributed by atoms with van der Waals surface area (Å²) in [5.41, 5.74) is 1.95. The Balaban J connectivity index is 2.08. The molecule has 0 heterocycles. The number of nitrogens with one attached hydrogen (secondary N) is 1. The van der Waals surface area contributed by atoms with Crippen LogP contribution in [0.15, 0.2) is 72.8 Å². The van der Waals surface area contributed by atoms with Crippen LogP contribution in [0.4, 0.5) is 10.1 Å². The van der Waals surface area contributed by atoms with Gasteiger partial charge in [-0.15, -0.1) is 0 Å². The number of hydrogen-bond donors (Lipinski definition) is 1. The molecule has 2 amide bonds. The second kappa shape index (κ2) is 13.8. The third-order valence-electron chi connectivity index (χ3n) is 6.69. The summed E-state index contributed by atoms with van der Waals surface area (Å²) in [6.45, 7) is 4.73. The SMILES string of the molecule is CC[C@H](C)NC(=O)[C@H](Cc1ccccc1)N(Cc1ccccc1F)C(=O)CN(c1ccc(C)c(Cl)c1)S(C)(=O)=O. The first kappa shape index (κ1) is 31.1. The van der Waals surface area contributed by atoms with Crippen LogP contribution in [0, 0.1) is 12.7 Å². The summed E-state index contributed by atoms with van der Waals surface area (Å²) in [6.07, 6.45) is 1.81. The fraction of sp³-hybridized carbons (Fsp3) is 0.333. The number of hydrogen-bond acceptors (Lipinski definition) is 4. The van der Waals surface area contributed by atoms with Gasteiger partial charge in [0.05, 0.1) is 11.9 Å². The number of anilines is 1. The lowest BCUT2D eigenvalue weighted by Crippen LogP contribution is -2.54. The zero-order chi connectivity index (χ0) is 29.4. The van der Waals surface area contributed by atoms with Gasteiger partial charge in [0.25, 0.3) is 0 Å². The van der Waals surface area contributed by atoms with Gasteiger partial charge in [-0.25, -0.2) is 12.8 Å². The molecule has 0 radical (unpaired) electrons. The van der Waals surface area contributed by atoms with Crippen molar-refractivity contribution in [1.82, 2.24) is 10.2 Å². The van der Waals surface area contributed by atoms with Crippen LogP contribution in [0.2, 0.25) is 5.02 Å². The maximum atomic E-state index is 14.8. The van der Waals surface area contributed by atoms with E-state index in [-0.39, 0.29) is 30.3 Å². The number of amides is 2. The van der Waals surface area contributed by atoms with E-state index < -0.39 is 40.2 Å². The van der Waals surface area contributed by atoms with Crippen LogP contribution < -0.4 is 9.62 Å². The Morgan fingerprint density at radius 1 is 1.02 bits per heavy atom. The summed E-state index contributed by atoms with van der Waals surface area (Å²) >= 11 is 6.26. The van der Waals surface area contributed by atoms with E-state index in [9.17, 15) is 22.4 Å². The summed E-state index contributed by atoms with van der Waals surface area (Å²) in [4.78, 5) is 28.9. The van der Waals surface area contributed by atoms with Gasteiger partial charge in [0.2, 0.25) is 21.8 Å². The standard InChI is InChI=1S/C30H35ClFN3O4S/c1-5-22(3)33-30(37)28(17-23-11-7-6-8-12-23)34(19-24-13-9-10-14-27(24)32)29(36)20-35(40(4,38)39)25-16-15-21(2)26(31)18-25/h6-16,18,22,28H,5,17,19-20H2,1-4H3,(H,33,37)/t22-,28-/m0/s1. The van der Waals surface area contributed by atoms with Gasteiger partial charge in [-0.1, -0.05) is 73.1 Å². The quantitative estimate of drug-likeness (QED) is 0.319. The topological polar surface area (TPSA) is 86.8 Å². The molecular weight excluding hydrogens is 553 g/mol. The Morgan fingerprint density at radius 2 is 1.68 bits per heavy atom. The van der Waals surface area contributed by atoms with Gasteiger partial charge in [0.15, 0.2) is 0 Å². The van der Waals surface area contributed by atoms with Crippen molar-refractivity contribution >= 4 is 39.1 Å². The van der Waals surface area contributed by atoms with Crippen molar-refractivity contribution in [2.45, 2.75) is 52.2 Å². The van der Waals surface area contributed by atoms with E-state index in [0.717, 1.165) is 21.7 Å². The van der Waals surface area contributed by atoms with Gasteiger partial charge in [0, 0.05) is 29.6 Å². The molecule has 3 aromatic carbocycles. The van der Waals surface area contributed by atoms with E-state index in [0.29, 0.717) is 11.4 Å². The molecule has 0 aliphatic rings. The molecule has 0 saturated heterocycles. The average molecular weight is 588 g/mol. The van der Waals surface area contributed by atoms with Crippen LogP contribution in [0.3, 0.4) is 0 Å². The van der Waals surface area contributed by atoms with Crippen LogP contribution >= 0.6 is 11.6 Å². The minimum Gasteiger partial charge on any atom is -0.352 e. The third-order valence-corrected chi connectivity index (χ3v) is 8.24. The van der Waals surface area contributed by atoms with E-state index >= 15 is 0 Å². The van der Waals surface area contributed by atoms with Gasteiger partial charge >= 0.3 is 0 Å². The molecule has 214 valence electrons. The van der Waals surface area contributed by atoms with E-state index in [1.807, 2.05) is 44.2 Å². The van der Waals surface area contributed by atoms with Crippen LogP contribution in [0.5, 0.6) is 0 Å². The van der Waals surface area contributed by atoms with Crippen LogP contribution in [0.25, 0.3) is 0 Å². The highest BCUT2D eigenvalue weighted by Crippen LogP contribution is 2.26. The Kier molecular flexibility index (Phi) is 10.7. The monoisotopic (exact) mass is 587 g/mol. The molecule has 10 heteroatoms. The highest BCUT2D eigenvalue weighted by atomic mass is 35.5. The summed E-state index contributed by atoms with van der Waals surface area (Å²) in [5, 5.41) is 3.28. The number of nitrogens with zero attached hydrogens (tertiary/aromatic N) is 2. The smallest absolute Gasteiger partial charge is 0.244 e. The van der Waals surface area contributed by atoms with E-state index in [2.05, 4.69) is 5.32 Å². The number of rotatable bonds is 12. The van der Waals surface area contributed by atoms with Crippen molar-refractivity contribution < 1.29 is 22.4 Å². The minimum absolute atomic E-state index is 0.151. The normalized spacial score (nSPS) is 12.8. The summed E-state index contributed by atoms with van der Waals surface area (Å²) in [7, 11) is -3.93. The number of aryl methyl sites for hydroxylation is 1. The van der Waals surface area contributed by atoms with Crippen molar-refractivity contribution in [3.8, 4) is 0 Å². The molecule has 0 spiro atoms. The molecule has 0 saturated carbocycles. The van der Waals surface area contributed by atoms with E-state index in [1.54, 1.807) is 25.1 Å². The molecule has 0 bridgehead atoms. The maximum Gasteiger partial charge on any atom is 0.244 e. The molecular formula is C30H35ClFN3O4S. The van der Waals surface area contributed by atoms with E-state index in [1.165, 1.54) is 29.2 Å². The predicted octanol–water partition coefficient (Wildman–Crippen LogP) is 5.11. The Bertz CT molecular complexity index is 1440. The summed E-state index contributed by atoms with van der Waals surface area (Å²) < 4.78 is 41.5. The number of halogens is 2. The molecule has 0 unspecified atom stereocenters. The molecule has 0 aliphatic heterocycles. The molecule has 40 heavy (non-hydrogen) atoms. The Hall–Kier alpha value is -3.43. The molecule has 7 nitrogen and oxygen atoms in total. The fourth-order valence-corrected chi connectivity index (χ4v) is 5.17. The van der Waals surface area contributed by atoms with Gasteiger partial charge in [-0.2, -0.15) is 0 Å². The maximum absolute atomic E-state index is 14.8. The van der Waals surface area contributed by atoms with Crippen molar-refractivity contribution in [3.63, 3.8) is 0 Å². The third kappa shape index (κ3) is 8.29. The molecule has 3 rings (SSSR count). The minimum atomic E-state index is -3.93. The number of carbonyl (C=O) groups excluding carboxylic acids is 2. The lowest BCUT2D eigenvalue weighted by Gasteiger charge is -2.34. The number of benzene rings is 3. The second-order valence-corrected chi connectivity index (χ2v) is 12.2. The first-order chi connectivity index (χ1) is 18.9. The van der Waals surface area contributed by atoms with Crippen LogP contribution in [-0.2, 0) is 32.6 Å².